The first kappa shape index (κ1) is 90.8. The predicted octanol–water partition coefficient (Wildman–Crippen LogP) is 5.87. The molecular weight excluding hydrogens is 1550 g/mol. The molecule has 36 heteroatoms. The van der Waals surface area contributed by atoms with Crippen LogP contribution in [0.4, 0.5) is 37.1 Å². The summed E-state index contributed by atoms with van der Waals surface area (Å²) in [5.74, 6) is -4.57. The van der Waals surface area contributed by atoms with Gasteiger partial charge in [0.1, 0.15) is 37.9 Å². The van der Waals surface area contributed by atoms with Gasteiger partial charge in [-0.15, -0.1) is 0 Å². The second kappa shape index (κ2) is 42.8. The second-order valence-electron chi connectivity index (χ2n) is 30.0. The Hall–Kier alpha value is -12.2. The molecule has 2 fully saturated rings. The number of carbonyl (C=O) groups excluding carboxylic acids is 13. The van der Waals surface area contributed by atoms with Crippen molar-refractivity contribution in [1.82, 2.24) is 41.3 Å². The van der Waals surface area contributed by atoms with Crippen LogP contribution >= 0.6 is 0 Å². The molecular formula is C83H106N12O24. The highest BCUT2D eigenvalue weighted by Crippen LogP contribution is 2.44. The molecule has 2 unspecified atom stereocenters. The summed E-state index contributed by atoms with van der Waals surface area (Å²) < 4.78 is 51.8. The van der Waals surface area contributed by atoms with Crippen molar-refractivity contribution in [2.24, 2.45) is 11.8 Å². The molecule has 5 aliphatic heterocycles. The molecule has 0 radical (unpaired) electrons. The molecule has 0 spiro atoms. The highest BCUT2D eigenvalue weighted by Gasteiger charge is 2.49. The van der Waals surface area contributed by atoms with E-state index in [0.717, 1.165) is 26.9 Å². The summed E-state index contributed by atoms with van der Waals surface area (Å²) >= 11 is 0. The molecule has 2 saturated heterocycles. The Morgan fingerprint density at radius 1 is 0.496 bits per heavy atom. The van der Waals surface area contributed by atoms with E-state index in [0.29, 0.717) is 52.9 Å². The van der Waals surface area contributed by atoms with Crippen molar-refractivity contribution in [3.8, 4) is 23.0 Å². The van der Waals surface area contributed by atoms with Crippen LogP contribution in [0.15, 0.2) is 109 Å². The van der Waals surface area contributed by atoms with Crippen LogP contribution in [0.2, 0.25) is 0 Å². The Bertz CT molecular complexity index is 4420. The zero-order chi connectivity index (χ0) is 86.3. The highest BCUT2D eigenvalue weighted by atomic mass is 16.6. The number of fused-ring (bicyclic) bond motifs is 4. The molecule has 0 saturated carbocycles. The molecule has 0 aliphatic carbocycles. The van der Waals surface area contributed by atoms with Crippen molar-refractivity contribution in [2.45, 2.75) is 162 Å². The average molecular weight is 1660 g/mol. The summed E-state index contributed by atoms with van der Waals surface area (Å²) in [6.07, 6.45) is -2.11. The predicted molar refractivity (Wildman–Crippen MR) is 431 cm³/mol. The van der Waals surface area contributed by atoms with Gasteiger partial charge in [0, 0.05) is 87.1 Å². The topological polar surface area (TPSA) is 446 Å². The Morgan fingerprint density at radius 2 is 0.950 bits per heavy atom. The number of amides is 13. The monoisotopic (exact) mass is 1650 g/mol. The quantitative estimate of drug-likeness (QED) is 0.0109. The first-order valence-corrected chi connectivity index (χ1v) is 39.4. The number of ether oxygens (including phenoxy) is 9. The zero-order valence-corrected chi connectivity index (χ0v) is 68.2. The van der Waals surface area contributed by atoms with Gasteiger partial charge in [-0.2, -0.15) is 0 Å². The molecule has 36 nitrogen and oxygen atoms in total. The number of aliphatic hydroxyl groups is 2. The Kier molecular flexibility index (Phi) is 32.7. The van der Waals surface area contributed by atoms with Crippen LogP contribution in [0.1, 0.15) is 132 Å². The van der Waals surface area contributed by atoms with E-state index in [1.807, 2.05) is 27.7 Å². The number of benzene rings is 4. The minimum Gasteiger partial charge on any atom is -0.493 e. The van der Waals surface area contributed by atoms with Crippen molar-refractivity contribution >= 4 is 100 Å². The Balaban J connectivity index is 0.741. The number of hydrogen-bond acceptors (Lipinski definition) is 24. The van der Waals surface area contributed by atoms with E-state index in [1.54, 1.807) is 62.4 Å². The van der Waals surface area contributed by atoms with Crippen LogP contribution in [0.3, 0.4) is 0 Å². The van der Waals surface area contributed by atoms with Gasteiger partial charge in [-0.3, -0.25) is 58.2 Å². The number of nitrogens with zero attached hydrogens (tertiary/aromatic N) is 5. The van der Waals surface area contributed by atoms with Crippen LogP contribution in [0.5, 0.6) is 23.0 Å². The number of nitrogens with one attached hydrogen (secondary N) is 7. The van der Waals surface area contributed by atoms with Gasteiger partial charge in [0.2, 0.25) is 35.4 Å². The molecule has 9 rings (SSSR count). The fraction of sp³-hybridized carbons (Fsp3) is 0.482. The number of aliphatic hydroxyl groups excluding tert-OH is 2. The minimum atomic E-state index is -1.61. The SMILES string of the molecule is C=C1CC2C(O)N(C(=O)OCc3ccc(NC(=O)OCCOCCC(=O)N[C@H](C(=O)NC(C)C)C(C)C)cc3)c3cc(OCCCCCOc4cc5c(cc4OC)C(=O)N4CC(=C)C[C@H]4[C@H](O)N5C(=O)OCc4ccc(NC(=O)[C@H](C)NC(=O)[C@@H](NC(=O)CCOCCNC(=O)CCN5C(=O)C=CC5=O)C(C)C)cc4)c(OC)cc3C(=O)N2C1. The van der Waals surface area contributed by atoms with Crippen LogP contribution in [-0.4, -0.2) is 238 Å². The van der Waals surface area contributed by atoms with Gasteiger partial charge < -0.3 is 94.5 Å². The molecule has 5 aliphatic rings. The maximum Gasteiger partial charge on any atom is 0.416 e. The smallest absolute Gasteiger partial charge is 0.416 e. The fourth-order valence-corrected chi connectivity index (χ4v) is 13.6. The normalized spacial score (nSPS) is 17.4. The van der Waals surface area contributed by atoms with E-state index in [1.165, 1.54) is 55.2 Å². The fourth-order valence-electron chi connectivity index (χ4n) is 13.6. The molecule has 7 atom stereocenters. The molecule has 0 bridgehead atoms. The maximum absolute atomic E-state index is 14.4. The molecule has 13 amide bonds. The number of carbonyl (C=O) groups is 13. The molecule has 9 N–H and O–H groups in total. The summed E-state index contributed by atoms with van der Waals surface area (Å²) in [4.78, 5) is 176. The third-order valence-electron chi connectivity index (χ3n) is 19.9. The number of unbranched alkanes of at least 4 members (excludes halogenated alkanes) is 2. The van der Waals surface area contributed by atoms with Crippen LogP contribution in [-0.2, 0) is 75.3 Å². The molecule has 0 aromatic heterocycles. The molecule has 119 heavy (non-hydrogen) atoms. The maximum atomic E-state index is 14.4. The van der Waals surface area contributed by atoms with Gasteiger partial charge in [-0.25, -0.2) is 24.2 Å². The van der Waals surface area contributed by atoms with Gasteiger partial charge in [0.25, 0.3) is 23.6 Å². The number of imide groups is 1. The van der Waals surface area contributed by atoms with Crippen molar-refractivity contribution in [2.75, 3.05) is 107 Å². The number of rotatable bonds is 40. The van der Waals surface area contributed by atoms with Gasteiger partial charge in [0.15, 0.2) is 35.5 Å². The van der Waals surface area contributed by atoms with Crippen molar-refractivity contribution < 1.29 is 115 Å². The summed E-state index contributed by atoms with van der Waals surface area (Å²) in [6.45, 7) is 20.2. The first-order valence-electron chi connectivity index (χ1n) is 39.4. The van der Waals surface area contributed by atoms with Crippen LogP contribution < -0.4 is 66.0 Å². The average Bonchev–Trinajstić information content (AvgIpc) is 1.62. The van der Waals surface area contributed by atoms with E-state index in [9.17, 15) is 72.5 Å². The summed E-state index contributed by atoms with van der Waals surface area (Å²) in [5, 5.41) is 42.9. The number of anilines is 4. The largest absolute Gasteiger partial charge is 0.493 e. The van der Waals surface area contributed by atoms with Gasteiger partial charge in [-0.1, -0.05) is 76.3 Å². The zero-order valence-electron chi connectivity index (χ0n) is 68.2. The lowest BCUT2D eigenvalue weighted by Crippen LogP contribution is -2.53. The van der Waals surface area contributed by atoms with Crippen molar-refractivity contribution in [1.29, 1.82) is 0 Å². The lowest BCUT2D eigenvalue weighted by Gasteiger charge is -2.31. The standard InChI is InChI=1S/C83H106N12O24/c1-47(2)72(75(102)85-49(5)6)89-69(98)27-33-114-35-36-117-81(108)88-56-21-17-54(18-22-56)46-119-83(110)95-60-42-66(64(112-11)40-58(60)78(105)93-44-51(8)38-62(93)80(95)107)116-31-14-12-13-30-115-65-41-59-57(39-63(65)111-10)77(104)92-43-50(7)37-61(92)79(106)94(59)82(109)118-45-53-15-19-55(20-16-53)87-74(101)52(9)86-76(103)73(48(3)4)90-68(97)26-32-113-34-28-84-67(96)25-29-91-70(99)23-24-71(91)100/h15-24,39-42,47-49,52,61-62,72-73,79-80,106-107H,7-8,12-14,25-38,43-46H2,1-6,9-11H3,(H,84,96)(H,85,102)(H,86,103)(H,87,101)(H,88,108)(H,89,98)(H,90,97)/t52-,61-,62?,72-,73-,79-,80?/m0/s1. The summed E-state index contributed by atoms with van der Waals surface area (Å²) in [7, 11) is 2.79. The van der Waals surface area contributed by atoms with Gasteiger partial charge >= 0.3 is 18.3 Å². The lowest BCUT2D eigenvalue weighted by atomic mass is 10.0. The van der Waals surface area contributed by atoms with Crippen LogP contribution in [0.25, 0.3) is 0 Å². The third-order valence-corrected chi connectivity index (χ3v) is 19.9. The van der Waals surface area contributed by atoms with E-state index in [-0.39, 0.29) is 193 Å². The van der Waals surface area contributed by atoms with Crippen LogP contribution in [0, 0.1) is 11.8 Å². The van der Waals surface area contributed by atoms with E-state index >= 15 is 0 Å². The summed E-state index contributed by atoms with van der Waals surface area (Å²) in [5.41, 5.74) is 3.01. The van der Waals surface area contributed by atoms with Gasteiger partial charge in [0.05, 0.1) is 88.4 Å². The van der Waals surface area contributed by atoms with E-state index in [4.69, 9.17) is 42.6 Å². The molecule has 5 heterocycles. The number of methoxy groups -OCH3 is 2. The van der Waals surface area contributed by atoms with Crippen molar-refractivity contribution in [3.05, 3.63) is 132 Å². The molecule has 4 aromatic rings. The highest BCUT2D eigenvalue weighted by molar-refractivity contribution is 6.13. The third kappa shape index (κ3) is 24.5. The van der Waals surface area contributed by atoms with E-state index in [2.05, 4.69) is 50.4 Å². The second-order valence-corrected chi connectivity index (χ2v) is 30.0. The Morgan fingerprint density at radius 3 is 1.40 bits per heavy atom. The number of hydrogen-bond donors (Lipinski definition) is 9. The lowest BCUT2D eigenvalue weighted by molar-refractivity contribution is -0.137. The first-order chi connectivity index (χ1) is 56.8. The van der Waals surface area contributed by atoms with E-state index < -0.39 is 108 Å². The van der Waals surface area contributed by atoms with Crippen molar-refractivity contribution in [3.63, 3.8) is 0 Å². The summed E-state index contributed by atoms with van der Waals surface area (Å²) in [6, 6.07) is 13.7. The Labute approximate surface area is 688 Å². The molecule has 4 aromatic carbocycles. The van der Waals surface area contributed by atoms with Gasteiger partial charge in [-0.05, 0) is 112 Å². The minimum absolute atomic E-state index is 0.00000357. The molecule has 642 valence electrons.